The fraction of sp³-hybridized carbons (Fsp3) is 0.500. The highest BCUT2D eigenvalue weighted by molar-refractivity contribution is 9.10. The Hall–Kier alpha value is -0.650. The number of halogens is 1. The van der Waals surface area contributed by atoms with Gasteiger partial charge in [0, 0.05) is 11.0 Å². The summed E-state index contributed by atoms with van der Waals surface area (Å²) in [6.07, 6.45) is 3.94. The van der Waals surface area contributed by atoms with Gasteiger partial charge in [-0.3, -0.25) is 0 Å². The minimum absolute atomic E-state index is 1.01. The quantitative estimate of drug-likeness (QED) is 0.835. The summed E-state index contributed by atoms with van der Waals surface area (Å²) < 4.78 is 2.33. The Balaban J connectivity index is 1.50. The molecule has 3 nitrogen and oxygen atoms in total. The van der Waals surface area contributed by atoms with Gasteiger partial charge in [-0.15, -0.1) is 0 Å². The summed E-state index contributed by atoms with van der Waals surface area (Å²) in [5, 5.41) is 4.48. The molecular weight excluding hydrogens is 322 g/mol. The van der Waals surface area contributed by atoms with Crippen molar-refractivity contribution in [2.75, 3.05) is 31.5 Å². The van der Waals surface area contributed by atoms with Crippen molar-refractivity contribution >= 4 is 42.6 Å². The first kappa shape index (κ1) is 13.3. The van der Waals surface area contributed by atoms with E-state index in [9.17, 15) is 0 Å². The van der Waals surface area contributed by atoms with E-state index in [1.165, 1.54) is 43.6 Å². The fourth-order valence-electron chi connectivity index (χ4n) is 2.48. The molecule has 1 aliphatic heterocycles. The third-order valence-electron chi connectivity index (χ3n) is 3.48. The number of nitrogens with zero attached hydrogens (tertiary/aromatic N) is 2. The van der Waals surface area contributed by atoms with E-state index in [1.807, 2.05) is 0 Å². The van der Waals surface area contributed by atoms with Crippen LogP contribution in [0.4, 0.5) is 5.13 Å². The van der Waals surface area contributed by atoms with Crippen LogP contribution in [0.3, 0.4) is 0 Å². The molecular formula is C14H18BrN3S. The van der Waals surface area contributed by atoms with Crippen LogP contribution in [0.5, 0.6) is 0 Å². The topological polar surface area (TPSA) is 28.2 Å². The first-order valence-corrected chi connectivity index (χ1v) is 8.44. The van der Waals surface area contributed by atoms with E-state index in [0.717, 1.165) is 21.7 Å². The number of benzene rings is 1. The molecule has 102 valence electrons. The molecule has 1 aromatic carbocycles. The van der Waals surface area contributed by atoms with E-state index >= 15 is 0 Å². The lowest BCUT2D eigenvalue weighted by Gasteiger charge is -2.13. The zero-order chi connectivity index (χ0) is 13.1. The number of hydrogen-bond donors (Lipinski definition) is 1. The maximum absolute atomic E-state index is 4.61. The van der Waals surface area contributed by atoms with Crippen molar-refractivity contribution in [2.45, 2.75) is 19.3 Å². The molecule has 1 aliphatic rings. The Morgan fingerprint density at radius 3 is 3.00 bits per heavy atom. The van der Waals surface area contributed by atoms with Crippen molar-refractivity contribution in [2.24, 2.45) is 0 Å². The third kappa shape index (κ3) is 3.46. The highest BCUT2D eigenvalue weighted by Gasteiger charge is 2.10. The van der Waals surface area contributed by atoms with Crippen molar-refractivity contribution in [3.63, 3.8) is 0 Å². The molecule has 0 bridgehead atoms. The maximum atomic E-state index is 4.61. The summed E-state index contributed by atoms with van der Waals surface area (Å²) in [6.45, 7) is 4.80. The average molecular weight is 340 g/mol. The molecule has 19 heavy (non-hydrogen) atoms. The Bertz CT molecular complexity index is 549. The molecule has 1 N–H and O–H groups in total. The summed E-state index contributed by atoms with van der Waals surface area (Å²) in [5.74, 6) is 0. The first-order valence-electron chi connectivity index (χ1n) is 6.83. The summed E-state index contributed by atoms with van der Waals surface area (Å²) >= 11 is 5.21. The second kappa shape index (κ2) is 6.20. The molecule has 5 heteroatoms. The van der Waals surface area contributed by atoms with Crippen molar-refractivity contribution in [1.82, 2.24) is 9.88 Å². The molecule has 0 aliphatic carbocycles. The van der Waals surface area contributed by atoms with Crippen LogP contribution in [0, 0.1) is 0 Å². The van der Waals surface area contributed by atoms with Gasteiger partial charge >= 0.3 is 0 Å². The maximum Gasteiger partial charge on any atom is 0.183 e. The average Bonchev–Trinajstić information content (AvgIpc) is 3.02. The largest absolute Gasteiger partial charge is 0.361 e. The summed E-state index contributed by atoms with van der Waals surface area (Å²) in [5.41, 5.74) is 1.07. The van der Waals surface area contributed by atoms with Gasteiger partial charge in [-0.1, -0.05) is 27.3 Å². The van der Waals surface area contributed by atoms with Crippen LogP contribution in [0.15, 0.2) is 22.7 Å². The van der Waals surface area contributed by atoms with Crippen LogP contribution in [0.25, 0.3) is 10.2 Å². The van der Waals surface area contributed by atoms with Crippen molar-refractivity contribution in [1.29, 1.82) is 0 Å². The molecule has 0 radical (unpaired) electrons. The van der Waals surface area contributed by atoms with E-state index in [-0.39, 0.29) is 0 Å². The monoisotopic (exact) mass is 339 g/mol. The second-order valence-corrected chi connectivity index (χ2v) is 6.91. The number of rotatable bonds is 5. The molecule has 1 aromatic heterocycles. The van der Waals surface area contributed by atoms with Crippen molar-refractivity contribution in [3.05, 3.63) is 22.7 Å². The zero-order valence-corrected chi connectivity index (χ0v) is 13.3. The lowest BCUT2D eigenvalue weighted by molar-refractivity contribution is 0.337. The molecule has 3 rings (SSSR count). The van der Waals surface area contributed by atoms with Gasteiger partial charge in [-0.2, -0.15) is 0 Å². The van der Waals surface area contributed by atoms with Crippen molar-refractivity contribution < 1.29 is 0 Å². The number of anilines is 1. The van der Waals surface area contributed by atoms with Crippen LogP contribution in [0.1, 0.15) is 19.3 Å². The molecule has 0 unspecified atom stereocenters. The van der Waals surface area contributed by atoms with Crippen LogP contribution >= 0.6 is 27.3 Å². The number of aromatic nitrogens is 1. The van der Waals surface area contributed by atoms with Crippen LogP contribution in [0.2, 0.25) is 0 Å². The molecule has 0 amide bonds. The molecule has 0 saturated carbocycles. The van der Waals surface area contributed by atoms with E-state index < -0.39 is 0 Å². The number of thiazole rings is 1. The smallest absolute Gasteiger partial charge is 0.183 e. The Kier molecular flexibility index (Phi) is 4.35. The van der Waals surface area contributed by atoms with Gasteiger partial charge in [0.15, 0.2) is 5.13 Å². The highest BCUT2D eigenvalue weighted by atomic mass is 79.9. The third-order valence-corrected chi connectivity index (χ3v) is 4.96. The first-order chi connectivity index (χ1) is 9.31. The molecule has 1 saturated heterocycles. The summed E-state index contributed by atoms with van der Waals surface area (Å²) in [6, 6.07) is 6.26. The molecule has 0 atom stereocenters. The lowest BCUT2D eigenvalue weighted by Crippen LogP contribution is -2.22. The highest BCUT2D eigenvalue weighted by Crippen LogP contribution is 2.28. The lowest BCUT2D eigenvalue weighted by atomic mass is 10.3. The van der Waals surface area contributed by atoms with Crippen LogP contribution in [-0.2, 0) is 0 Å². The van der Waals surface area contributed by atoms with E-state index in [2.05, 4.69) is 49.3 Å². The normalized spacial score (nSPS) is 16.3. The van der Waals surface area contributed by atoms with Gasteiger partial charge in [0.05, 0.1) is 10.2 Å². The van der Waals surface area contributed by atoms with Gasteiger partial charge in [0.1, 0.15) is 0 Å². The minimum Gasteiger partial charge on any atom is -0.361 e. The van der Waals surface area contributed by atoms with E-state index in [0.29, 0.717) is 0 Å². The predicted molar refractivity (Wildman–Crippen MR) is 86.1 cm³/mol. The van der Waals surface area contributed by atoms with Gasteiger partial charge in [0.2, 0.25) is 0 Å². The van der Waals surface area contributed by atoms with Crippen molar-refractivity contribution in [3.8, 4) is 0 Å². The molecule has 1 fully saturated rings. The molecule has 2 aromatic rings. The Labute approximate surface area is 126 Å². The van der Waals surface area contributed by atoms with Gasteiger partial charge in [-0.05, 0) is 57.1 Å². The summed E-state index contributed by atoms with van der Waals surface area (Å²) in [7, 11) is 0. The van der Waals surface area contributed by atoms with Gasteiger partial charge in [0.25, 0.3) is 0 Å². The fourth-order valence-corrected chi connectivity index (χ4v) is 3.70. The second-order valence-electron chi connectivity index (χ2n) is 4.96. The SMILES string of the molecule is Brc1ccc2sc(NCCCN3CCCC3)nc2c1. The van der Waals surface area contributed by atoms with Gasteiger partial charge in [-0.25, -0.2) is 4.98 Å². The van der Waals surface area contributed by atoms with E-state index in [4.69, 9.17) is 0 Å². The Morgan fingerprint density at radius 1 is 1.32 bits per heavy atom. The van der Waals surface area contributed by atoms with Crippen LogP contribution < -0.4 is 5.32 Å². The zero-order valence-electron chi connectivity index (χ0n) is 10.9. The number of nitrogens with one attached hydrogen (secondary N) is 1. The molecule has 0 spiro atoms. The number of likely N-dealkylation sites (tertiary alicyclic amines) is 1. The number of fused-ring (bicyclic) bond motifs is 1. The van der Waals surface area contributed by atoms with Crippen LogP contribution in [-0.4, -0.2) is 36.1 Å². The minimum atomic E-state index is 1.01. The standard InChI is InChI=1S/C14H18BrN3S/c15-11-4-5-13-12(10-11)17-14(19-13)16-6-3-9-18-7-1-2-8-18/h4-5,10H,1-3,6-9H2,(H,16,17). The Morgan fingerprint density at radius 2 is 2.16 bits per heavy atom. The molecule has 2 heterocycles. The van der Waals surface area contributed by atoms with Gasteiger partial charge < -0.3 is 10.2 Å². The van der Waals surface area contributed by atoms with E-state index in [1.54, 1.807) is 11.3 Å². The summed E-state index contributed by atoms with van der Waals surface area (Å²) in [4.78, 5) is 7.16. The predicted octanol–water partition coefficient (Wildman–Crippen LogP) is 3.96. The number of hydrogen-bond acceptors (Lipinski definition) is 4.